The number of carbonyl (C=O) groups is 1. The number of ketones is 1. The molecule has 0 bridgehead atoms. The summed E-state index contributed by atoms with van der Waals surface area (Å²) < 4.78 is 24.3. The molecule has 9 heteroatoms. The lowest BCUT2D eigenvalue weighted by molar-refractivity contribution is 0.0422. The number of hydrogen-bond acceptors (Lipinski definition) is 8. The molecule has 3 heterocycles. The van der Waals surface area contributed by atoms with Crippen LogP contribution in [0.15, 0.2) is 54.6 Å². The Labute approximate surface area is 282 Å². The van der Waals surface area contributed by atoms with Crippen LogP contribution >= 0.6 is 11.6 Å². The van der Waals surface area contributed by atoms with E-state index in [0.29, 0.717) is 49.2 Å². The van der Waals surface area contributed by atoms with Gasteiger partial charge in [-0.3, -0.25) is 10.2 Å². The highest BCUT2D eigenvalue weighted by atomic mass is 35.5. The van der Waals surface area contributed by atoms with Gasteiger partial charge in [0.15, 0.2) is 0 Å². The van der Waals surface area contributed by atoms with Crippen LogP contribution in [0.5, 0.6) is 17.2 Å². The highest BCUT2D eigenvalue weighted by molar-refractivity contribution is 6.53. The number of fused-ring (bicyclic) bond motifs is 6. The van der Waals surface area contributed by atoms with Crippen LogP contribution in [0.1, 0.15) is 72.0 Å². The second-order valence-corrected chi connectivity index (χ2v) is 13.2. The highest BCUT2D eigenvalue weighted by Gasteiger charge is 2.56. The van der Waals surface area contributed by atoms with E-state index in [1.54, 1.807) is 0 Å². The van der Waals surface area contributed by atoms with Crippen molar-refractivity contribution in [2.75, 3.05) is 74.9 Å². The first kappa shape index (κ1) is 32.0. The van der Waals surface area contributed by atoms with Crippen LogP contribution in [-0.4, -0.2) is 76.6 Å². The van der Waals surface area contributed by atoms with E-state index in [2.05, 4.69) is 46.2 Å². The number of carbonyl (C=O) groups excluding carboxylic acids is 1. The van der Waals surface area contributed by atoms with Crippen molar-refractivity contribution in [2.24, 2.45) is 0 Å². The quantitative estimate of drug-likeness (QED) is 0.127. The van der Waals surface area contributed by atoms with Crippen molar-refractivity contribution in [2.45, 2.75) is 50.4 Å². The van der Waals surface area contributed by atoms with Crippen molar-refractivity contribution in [1.29, 1.82) is 5.41 Å². The van der Waals surface area contributed by atoms with Crippen LogP contribution in [0, 0.1) is 5.41 Å². The minimum Gasteiger partial charge on any atom is -0.493 e. The summed E-state index contributed by atoms with van der Waals surface area (Å²) >= 11 is 5.72. The molecule has 4 aliphatic rings. The predicted octanol–water partition coefficient (Wildman–Crippen LogP) is 7.36. The van der Waals surface area contributed by atoms with Gasteiger partial charge < -0.3 is 28.7 Å². The number of Topliss-reactive ketones (excluding diaryl/α,β-unsaturated/α-hetero) is 1. The fourth-order valence-corrected chi connectivity index (χ4v) is 7.25. The van der Waals surface area contributed by atoms with Gasteiger partial charge in [-0.1, -0.05) is 25.0 Å². The Bertz CT molecular complexity index is 1560. The summed E-state index contributed by atoms with van der Waals surface area (Å²) in [5.74, 6) is 2.55. The molecule has 0 atom stereocenters. The van der Waals surface area contributed by atoms with E-state index in [1.807, 2.05) is 18.2 Å². The number of benzene rings is 3. The highest BCUT2D eigenvalue weighted by Crippen LogP contribution is 2.57. The molecular weight excluding hydrogens is 614 g/mol. The molecule has 0 radical (unpaired) electrons. The minimum atomic E-state index is -1.08. The number of nitrogens with zero attached hydrogens (tertiary/aromatic N) is 2. The summed E-state index contributed by atoms with van der Waals surface area (Å²) in [6.07, 6.45) is 7.51. The number of hydrogen-bond donors (Lipinski definition) is 1. The van der Waals surface area contributed by atoms with Crippen LogP contribution in [0.25, 0.3) is 0 Å². The summed E-state index contributed by atoms with van der Waals surface area (Å²) in [5, 5.41) is 9.40. The number of nitrogens with one attached hydrogen (secondary N) is 1. The number of ether oxygens (including phenoxy) is 4. The molecule has 0 saturated carbocycles. The third-order valence-electron chi connectivity index (χ3n) is 9.89. The SMILES string of the molecule is N=C1C(=O)c2ccc(OCCCOCCOCCCCCCCl)cc2C12c1ccc(N3CCC3)cc1Oc1cc(N3CCC3)ccc12. The van der Waals surface area contributed by atoms with Crippen molar-refractivity contribution in [3.05, 3.63) is 76.9 Å². The first-order valence-electron chi connectivity index (χ1n) is 17.2. The maximum atomic E-state index is 13.8. The fourth-order valence-electron chi connectivity index (χ4n) is 7.06. The number of unbranched alkanes of at least 4 members (excludes halogenated alkanes) is 3. The summed E-state index contributed by atoms with van der Waals surface area (Å²) in [6, 6.07) is 18.1. The molecule has 8 nitrogen and oxygen atoms in total. The number of halogens is 1. The van der Waals surface area contributed by atoms with Crippen molar-refractivity contribution >= 4 is 34.5 Å². The molecule has 1 aliphatic carbocycles. The maximum Gasteiger partial charge on any atom is 0.208 e. The Morgan fingerprint density at radius 2 is 1.32 bits per heavy atom. The molecule has 47 heavy (non-hydrogen) atoms. The van der Waals surface area contributed by atoms with Gasteiger partial charge in [0.2, 0.25) is 5.78 Å². The van der Waals surface area contributed by atoms with Gasteiger partial charge in [0.05, 0.1) is 30.9 Å². The first-order chi connectivity index (χ1) is 23.1. The van der Waals surface area contributed by atoms with E-state index in [9.17, 15) is 10.2 Å². The standard InChI is InChI=1S/C38H44ClN3O5/c39-14-3-1-2-4-19-44-22-23-45-20-7-21-46-29-10-11-30-33(26-29)38(37(40)36(30)43)31-12-8-27(41-15-5-16-41)24-34(31)47-35-25-28(9-13-32(35)38)42-17-6-18-42/h8-13,24-26,40H,1-7,14-23H2. The third-order valence-corrected chi connectivity index (χ3v) is 10.2. The lowest BCUT2D eigenvalue weighted by Crippen LogP contribution is -2.40. The predicted molar refractivity (Wildman–Crippen MR) is 186 cm³/mol. The molecule has 0 unspecified atom stereocenters. The van der Waals surface area contributed by atoms with Crippen LogP contribution in [0.3, 0.4) is 0 Å². The number of alkyl halides is 1. The van der Waals surface area contributed by atoms with Crippen molar-refractivity contribution in [3.8, 4) is 17.2 Å². The average molecular weight is 658 g/mol. The Kier molecular flexibility index (Phi) is 9.70. The molecule has 3 aromatic carbocycles. The van der Waals surface area contributed by atoms with Gasteiger partial charge in [0.1, 0.15) is 17.2 Å². The van der Waals surface area contributed by atoms with Gasteiger partial charge in [-0.25, -0.2) is 0 Å². The molecule has 7 rings (SSSR count). The van der Waals surface area contributed by atoms with Crippen molar-refractivity contribution in [3.63, 3.8) is 0 Å². The van der Waals surface area contributed by atoms with Gasteiger partial charge in [-0.15, -0.1) is 11.6 Å². The fraction of sp³-hybridized carbons (Fsp3) is 0.474. The zero-order chi connectivity index (χ0) is 32.2. The largest absolute Gasteiger partial charge is 0.493 e. The van der Waals surface area contributed by atoms with Gasteiger partial charge in [-0.05, 0) is 61.6 Å². The zero-order valence-corrected chi connectivity index (χ0v) is 27.8. The van der Waals surface area contributed by atoms with Gasteiger partial charge in [0, 0.05) is 91.9 Å². The summed E-state index contributed by atoms with van der Waals surface area (Å²) in [7, 11) is 0. The third kappa shape index (κ3) is 6.12. The Morgan fingerprint density at radius 1 is 0.702 bits per heavy atom. The maximum absolute atomic E-state index is 13.8. The molecule has 2 fully saturated rings. The molecule has 3 aromatic rings. The van der Waals surface area contributed by atoms with Gasteiger partial charge >= 0.3 is 0 Å². The summed E-state index contributed by atoms with van der Waals surface area (Å²) in [4.78, 5) is 18.5. The van der Waals surface area contributed by atoms with E-state index in [0.717, 1.165) is 98.8 Å². The second kappa shape index (κ2) is 14.3. The molecule has 248 valence electrons. The van der Waals surface area contributed by atoms with Crippen LogP contribution < -0.4 is 19.3 Å². The zero-order valence-electron chi connectivity index (χ0n) is 27.0. The lowest BCUT2D eigenvalue weighted by atomic mass is 9.67. The normalized spacial score (nSPS) is 17.1. The smallest absolute Gasteiger partial charge is 0.208 e. The van der Waals surface area contributed by atoms with E-state index >= 15 is 0 Å². The number of anilines is 2. The van der Waals surface area contributed by atoms with Gasteiger partial charge in [-0.2, -0.15) is 0 Å². The Hall–Kier alpha value is -3.59. The Morgan fingerprint density at radius 3 is 1.91 bits per heavy atom. The summed E-state index contributed by atoms with van der Waals surface area (Å²) in [6.45, 7) is 7.05. The van der Waals surface area contributed by atoms with Crippen molar-refractivity contribution < 1.29 is 23.7 Å². The number of rotatable bonds is 16. The van der Waals surface area contributed by atoms with Crippen LogP contribution in [0.2, 0.25) is 0 Å². The van der Waals surface area contributed by atoms with E-state index < -0.39 is 5.41 Å². The topological polar surface area (TPSA) is 84.3 Å². The Balaban J connectivity index is 1.08. The molecular formula is C38H44ClN3O5. The molecule has 2 saturated heterocycles. The van der Waals surface area contributed by atoms with E-state index in [4.69, 9.17) is 30.5 Å². The minimum absolute atomic E-state index is 0.0507. The van der Waals surface area contributed by atoms with E-state index in [-0.39, 0.29) is 11.5 Å². The monoisotopic (exact) mass is 657 g/mol. The van der Waals surface area contributed by atoms with Crippen LogP contribution in [0.4, 0.5) is 11.4 Å². The van der Waals surface area contributed by atoms with Crippen LogP contribution in [-0.2, 0) is 14.9 Å². The first-order valence-corrected chi connectivity index (χ1v) is 17.7. The molecule has 0 amide bonds. The van der Waals surface area contributed by atoms with Crippen molar-refractivity contribution in [1.82, 2.24) is 0 Å². The molecule has 1 spiro atoms. The second-order valence-electron chi connectivity index (χ2n) is 12.8. The molecule has 0 aromatic heterocycles. The van der Waals surface area contributed by atoms with Gasteiger partial charge in [0.25, 0.3) is 0 Å². The lowest BCUT2D eigenvalue weighted by Gasteiger charge is -2.40. The summed E-state index contributed by atoms with van der Waals surface area (Å²) in [5.41, 5.74) is 4.15. The van der Waals surface area contributed by atoms with E-state index in [1.165, 1.54) is 12.8 Å². The molecule has 1 N–H and O–H groups in total. The average Bonchev–Trinajstić information content (AvgIpc) is 3.24. The molecule has 3 aliphatic heterocycles.